The maximum absolute atomic E-state index is 8.85. The van der Waals surface area contributed by atoms with Crippen LogP contribution in [0.15, 0.2) is 23.8 Å². The molecule has 78 valence electrons. The molecule has 0 heterocycles. The summed E-state index contributed by atoms with van der Waals surface area (Å²) in [7, 11) is 0. The minimum absolute atomic E-state index is 0.368. The van der Waals surface area contributed by atoms with Crippen molar-refractivity contribution in [2.45, 2.75) is 13.3 Å². The largest absolute Gasteiger partial charge is 0.193 e. The maximum Gasteiger partial charge on any atom is 0.0962 e. The zero-order valence-corrected chi connectivity index (χ0v) is 10.3. The van der Waals surface area contributed by atoms with E-state index in [1.54, 1.807) is 18.2 Å². The quantitative estimate of drug-likeness (QED) is 0.696. The van der Waals surface area contributed by atoms with Crippen LogP contribution < -0.4 is 0 Å². The third kappa shape index (κ3) is 2.89. The minimum Gasteiger partial charge on any atom is -0.193 e. The van der Waals surface area contributed by atoms with E-state index in [9.17, 15) is 0 Å². The zero-order chi connectivity index (χ0) is 11.4. The smallest absolute Gasteiger partial charge is 0.0962 e. The van der Waals surface area contributed by atoms with Gasteiger partial charge in [-0.3, -0.25) is 0 Å². The summed E-state index contributed by atoms with van der Waals surface area (Å²) in [5, 5.41) is 10.3. The van der Waals surface area contributed by atoms with Crippen LogP contribution in [0.2, 0.25) is 10.0 Å². The molecule has 0 spiro atoms. The molecule has 0 saturated heterocycles. The number of nitrogens with zero attached hydrogens (tertiary/aromatic N) is 1. The summed E-state index contributed by atoms with van der Waals surface area (Å²) >= 11 is 17.9. The third-order valence-corrected chi connectivity index (χ3v) is 2.91. The SMILES string of the molecule is CCC(C#N)=C(Cl)c1cc(Cl)ccc1Cl. The first-order chi connectivity index (χ1) is 7.10. The second kappa shape index (κ2) is 5.42. The van der Waals surface area contributed by atoms with E-state index in [0.717, 1.165) is 0 Å². The van der Waals surface area contributed by atoms with Crippen LogP contribution in [0.1, 0.15) is 18.9 Å². The molecule has 0 aliphatic rings. The van der Waals surface area contributed by atoms with Crippen LogP contribution in [-0.4, -0.2) is 0 Å². The van der Waals surface area contributed by atoms with Crippen molar-refractivity contribution in [3.8, 4) is 6.07 Å². The van der Waals surface area contributed by atoms with Crippen molar-refractivity contribution in [1.82, 2.24) is 0 Å². The number of hydrogen-bond donors (Lipinski definition) is 0. The number of rotatable bonds is 2. The molecule has 4 heteroatoms. The van der Waals surface area contributed by atoms with Crippen molar-refractivity contribution in [2.75, 3.05) is 0 Å². The van der Waals surface area contributed by atoms with Crippen molar-refractivity contribution >= 4 is 39.8 Å². The molecule has 1 aromatic carbocycles. The molecule has 0 N–H and O–H groups in total. The van der Waals surface area contributed by atoms with Gasteiger partial charge in [0.1, 0.15) is 0 Å². The van der Waals surface area contributed by atoms with Gasteiger partial charge < -0.3 is 0 Å². The summed E-state index contributed by atoms with van der Waals surface area (Å²) in [6.07, 6.45) is 0.568. The number of allylic oxidation sites excluding steroid dienone is 1. The van der Waals surface area contributed by atoms with E-state index in [0.29, 0.717) is 32.6 Å². The molecule has 0 unspecified atom stereocenters. The molecule has 0 aliphatic carbocycles. The van der Waals surface area contributed by atoms with Gasteiger partial charge in [-0.1, -0.05) is 41.7 Å². The Morgan fingerprint density at radius 1 is 1.40 bits per heavy atom. The molecule has 1 aromatic rings. The van der Waals surface area contributed by atoms with E-state index in [1.807, 2.05) is 13.0 Å². The molecular weight excluding hydrogens is 252 g/mol. The monoisotopic (exact) mass is 259 g/mol. The summed E-state index contributed by atoms with van der Waals surface area (Å²) in [6.45, 7) is 1.86. The Kier molecular flexibility index (Phi) is 4.47. The van der Waals surface area contributed by atoms with Crippen molar-refractivity contribution in [2.24, 2.45) is 0 Å². The number of hydrogen-bond acceptors (Lipinski definition) is 1. The average Bonchev–Trinajstić information content (AvgIpc) is 2.23. The molecule has 0 amide bonds. The van der Waals surface area contributed by atoms with Gasteiger partial charge in [0.05, 0.1) is 11.1 Å². The van der Waals surface area contributed by atoms with Crippen molar-refractivity contribution in [3.63, 3.8) is 0 Å². The van der Waals surface area contributed by atoms with Gasteiger partial charge >= 0.3 is 0 Å². The normalized spacial score (nSPS) is 11.9. The third-order valence-electron chi connectivity index (χ3n) is 1.92. The standard InChI is InChI=1S/C11H8Cl3N/c1-2-7(6-15)11(14)9-5-8(12)3-4-10(9)13/h3-5H,2H2,1H3. The fourth-order valence-electron chi connectivity index (χ4n) is 1.11. The molecule has 15 heavy (non-hydrogen) atoms. The lowest BCUT2D eigenvalue weighted by Crippen LogP contribution is -1.85. The van der Waals surface area contributed by atoms with Crippen molar-refractivity contribution in [1.29, 1.82) is 5.26 Å². The molecule has 0 aliphatic heterocycles. The molecular formula is C11H8Cl3N. The fraction of sp³-hybridized carbons (Fsp3) is 0.182. The molecule has 0 aromatic heterocycles. The topological polar surface area (TPSA) is 23.8 Å². The first-order valence-electron chi connectivity index (χ1n) is 4.34. The average molecular weight is 261 g/mol. The van der Waals surface area contributed by atoms with Crippen molar-refractivity contribution in [3.05, 3.63) is 39.4 Å². The van der Waals surface area contributed by atoms with E-state index < -0.39 is 0 Å². The lowest BCUT2D eigenvalue weighted by molar-refractivity contribution is 1.16. The molecule has 1 nitrogen and oxygen atoms in total. The van der Waals surface area contributed by atoms with Gasteiger partial charge in [0.15, 0.2) is 0 Å². The molecule has 0 atom stereocenters. The highest BCUT2D eigenvalue weighted by molar-refractivity contribution is 6.51. The highest BCUT2D eigenvalue weighted by atomic mass is 35.5. The van der Waals surface area contributed by atoms with Crippen LogP contribution >= 0.6 is 34.8 Å². The van der Waals surface area contributed by atoms with Gasteiger partial charge in [-0.15, -0.1) is 0 Å². The lowest BCUT2D eigenvalue weighted by Gasteiger charge is -2.05. The molecule has 0 radical (unpaired) electrons. The van der Waals surface area contributed by atoms with Crippen LogP contribution in [0.4, 0.5) is 0 Å². The Morgan fingerprint density at radius 2 is 2.07 bits per heavy atom. The summed E-state index contributed by atoms with van der Waals surface area (Å²) in [4.78, 5) is 0. The van der Waals surface area contributed by atoms with Gasteiger partial charge in [-0.25, -0.2) is 0 Å². The summed E-state index contributed by atoms with van der Waals surface area (Å²) in [5.41, 5.74) is 1.10. The molecule has 0 bridgehead atoms. The Labute approximate surface area is 104 Å². The fourth-order valence-corrected chi connectivity index (χ4v) is 1.88. The van der Waals surface area contributed by atoms with Crippen LogP contribution in [0.3, 0.4) is 0 Å². The van der Waals surface area contributed by atoms with E-state index in [2.05, 4.69) is 0 Å². The highest BCUT2D eigenvalue weighted by Gasteiger charge is 2.09. The second-order valence-electron chi connectivity index (χ2n) is 2.88. The first-order valence-corrected chi connectivity index (χ1v) is 5.47. The van der Waals surface area contributed by atoms with E-state index >= 15 is 0 Å². The van der Waals surface area contributed by atoms with Gasteiger partial charge in [-0.05, 0) is 24.6 Å². The first kappa shape index (κ1) is 12.4. The Hall–Kier alpha value is -0.680. The van der Waals surface area contributed by atoms with Gasteiger partial charge in [0.2, 0.25) is 0 Å². The zero-order valence-electron chi connectivity index (χ0n) is 8.02. The van der Waals surface area contributed by atoms with E-state index in [1.165, 1.54) is 0 Å². The van der Waals surface area contributed by atoms with Crippen LogP contribution in [0.5, 0.6) is 0 Å². The van der Waals surface area contributed by atoms with Gasteiger partial charge in [0.25, 0.3) is 0 Å². The van der Waals surface area contributed by atoms with Crippen LogP contribution in [0, 0.1) is 11.3 Å². The lowest BCUT2D eigenvalue weighted by atomic mass is 10.1. The number of halogens is 3. The highest BCUT2D eigenvalue weighted by Crippen LogP contribution is 2.32. The minimum atomic E-state index is 0.368. The molecule has 1 rings (SSSR count). The van der Waals surface area contributed by atoms with Gasteiger partial charge in [0, 0.05) is 21.2 Å². The van der Waals surface area contributed by atoms with Gasteiger partial charge in [-0.2, -0.15) is 5.26 Å². The van der Waals surface area contributed by atoms with Crippen LogP contribution in [0.25, 0.3) is 5.03 Å². The predicted octanol–water partition coefficient (Wildman–Crippen LogP) is 4.88. The van der Waals surface area contributed by atoms with E-state index in [4.69, 9.17) is 40.1 Å². The Balaban J connectivity index is 3.34. The van der Waals surface area contributed by atoms with Crippen molar-refractivity contribution < 1.29 is 0 Å². The summed E-state index contributed by atoms with van der Waals surface area (Å²) < 4.78 is 0. The summed E-state index contributed by atoms with van der Waals surface area (Å²) in [6, 6.07) is 7.03. The number of nitriles is 1. The number of benzene rings is 1. The Bertz CT molecular complexity index is 444. The van der Waals surface area contributed by atoms with Crippen LogP contribution in [-0.2, 0) is 0 Å². The molecule has 0 saturated carbocycles. The second-order valence-corrected chi connectivity index (χ2v) is 4.10. The van der Waals surface area contributed by atoms with E-state index in [-0.39, 0.29) is 0 Å². The molecule has 0 fully saturated rings. The maximum atomic E-state index is 8.85. The Morgan fingerprint density at radius 3 is 2.60 bits per heavy atom. The summed E-state index contributed by atoms with van der Waals surface area (Å²) in [5.74, 6) is 0. The predicted molar refractivity (Wildman–Crippen MR) is 65.1 cm³/mol.